The van der Waals surface area contributed by atoms with Crippen LogP contribution in [0.15, 0.2) is 22.9 Å². The third kappa shape index (κ3) is 3.75. The highest BCUT2D eigenvalue weighted by atomic mass is 35.5. The van der Waals surface area contributed by atoms with Crippen molar-refractivity contribution >= 4 is 34.8 Å². The smallest absolute Gasteiger partial charge is 0.155 e. The molecule has 0 aliphatic rings. The third-order valence-electron chi connectivity index (χ3n) is 2.39. The fourth-order valence-electron chi connectivity index (χ4n) is 1.46. The summed E-state index contributed by atoms with van der Waals surface area (Å²) >= 11 is 12.2. The number of hydrogen-bond acceptors (Lipinski definition) is 5. The molecule has 2 aromatic heterocycles. The summed E-state index contributed by atoms with van der Waals surface area (Å²) in [5, 5.41) is 10.8. The summed E-state index contributed by atoms with van der Waals surface area (Å²) in [4.78, 5) is 4.36. The number of nitrogens with zero attached hydrogens (tertiary/aromatic N) is 2. The Morgan fingerprint density at radius 3 is 2.58 bits per heavy atom. The SMILES string of the molecule is CCCNc1nc(NCc2ccno2)c(Cl)cc1Cl. The summed E-state index contributed by atoms with van der Waals surface area (Å²) in [6, 6.07) is 3.43. The van der Waals surface area contributed by atoms with Crippen molar-refractivity contribution in [2.75, 3.05) is 17.2 Å². The molecule has 0 aliphatic heterocycles. The molecule has 2 heterocycles. The highest BCUT2D eigenvalue weighted by molar-refractivity contribution is 6.37. The van der Waals surface area contributed by atoms with E-state index in [0.717, 1.165) is 13.0 Å². The van der Waals surface area contributed by atoms with Crippen molar-refractivity contribution in [3.63, 3.8) is 0 Å². The monoisotopic (exact) mass is 300 g/mol. The molecule has 0 atom stereocenters. The molecule has 5 nitrogen and oxygen atoms in total. The Balaban J connectivity index is 2.10. The van der Waals surface area contributed by atoms with Crippen molar-refractivity contribution < 1.29 is 4.52 Å². The van der Waals surface area contributed by atoms with Crippen molar-refractivity contribution in [1.82, 2.24) is 10.1 Å². The standard InChI is InChI=1S/C12H14Cl2N4O/c1-2-4-15-11-9(13)6-10(14)12(18-11)16-7-8-3-5-17-19-8/h3,5-6H,2,4,7H2,1H3,(H2,15,16,18). The van der Waals surface area contributed by atoms with E-state index in [1.807, 2.05) is 0 Å². The van der Waals surface area contributed by atoms with Crippen molar-refractivity contribution in [3.8, 4) is 0 Å². The molecular weight excluding hydrogens is 287 g/mol. The molecule has 2 rings (SSSR count). The van der Waals surface area contributed by atoms with Gasteiger partial charge in [0, 0.05) is 12.6 Å². The quantitative estimate of drug-likeness (QED) is 0.849. The molecule has 0 radical (unpaired) electrons. The van der Waals surface area contributed by atoms with Gasteiger partial charge < -0.3 is 15.2 Å². The maximum absolute atomic E-state index is 6.09. The Kier molecular flexibility index (Phi) is 4.87. The maximum Gasteiger partial charge on any atom is 0.155 e. The number of anilines is 2. The van der Waals surface area contributed by atoms with Crippen LogP contribution in [0, 0.1) is 0 Å². The summed E-state index contributed by atoms with van der Waals surface area (Å²) in [6.45, 7) is 3.33. The van der Waals surface area contributed by atoms with Gasteiger partial charge in [0.25, 0.3) is 0 Å². The van der Waals surface area contributed by atoms with Crippen LogP contribution in [0.2, 0.25) is 10.0 Å². The number of nitrogens with one attached hydrogen (secondary N) is 2. The molecule has 0 spiro atoms. The Morgan fingerprint density at radius 1 is 1.21 bits per heavy atom. The largest absolute Gasteiger partial charge is 0.369 e. The van der Waals surface area contributed by atoms with Crippen LogP contribution in [0.5, 0.6) is 0 Å². The van der Waals surface area contributed by atoms with Gasteiger partial charge in [-0.3, -0.25) is 0 Å². The summed E-state index contributed by atoms with van der Waals surface area (Å²) in [7, 11) is 0. The maximum atomic E-state index is 6.09. The lowest BCUT2D eigenvalue weighted by Crippen LogP contribution is -2.06. The van der Waals surface area contributed by atoms with Crippen LogP contribution in [0.3, 0.4) is 0 Å². The highest BCUT2D eigenvalue weighted by Crippen LogP contribution is 2.29. The van der Waals surface area contributed by atoms with Gasteiger partial charge in [-0.25, -0.2) is 4.98 Å². The van der Waals surface area contributed by atoms with Gasteiger partial charge in [-0.1, -0.05) is 35.3 Å². The molecule has 2 aromatic rings. The van der Waals surface area contributed by atoms with Crippen molar-refractivity contribution in [2.24, 2.45) is 0 Å². The molecule has 0 amide bonds. The van der Waals surface area contributed by atoms with E-state index in [9.17, 15) is 0 Å². The van der Waals surface area contributed by atoms with Crippen LogP contribution in [0.1, 0.15) is 19.1 Å². The second kappa shape index (κ2) is 6.63. The summed E-state index contributed by atoms with van der Waals surface area (Å²) in [5.74, 6) is 1.88. The Hall–Kier alpha value is -1.46. The van der Waals surface area contributed by atoms with Crippen LogP contribution >= 0.6 is 23.2 Å². The van der Waals surface area contributed by atoms with Crippen molar-refractivity contribution in [3.05, 3.63) is 34.1 Å². The molecule has 0 saturated heterocycles. The van der Waals surface area contributed by atoms with E-state index in [0.29, 0.717) is 34.0 Å². The molecule has 0 aliphatic carbocycles. The Bertz CT molecular complexity index is 531. The number of pyridine rings is 1. The van der Waals surface area contributed by atoms with Crippen LogP contribution in [0.25, 0.3) is 0 Å². The zero-order valence-electron chi connectivity index (χ0n) is 10.4. The third-order valence-corrected chi connectivity index (χ3v) is 2.97. The van der Waals surface area contributed by atoms with Gasteiger partial charge in [0.15, 0.2) is 5.76 Å². The lowest BCUT2D eigenvalue weighted by Gasteiger charge is -2.11. The number of halogens is 2. The summed E-state index contributed by atoms with van der Waals surface area (Å²) in [5.41, 5.74) is 0. The van der Waals surface area contributed by atoms with Gasteiger partial charge in [0.1, 0.15) is 11.6 Å². The second-order valence-corrected chi connectivity index (χ2v) is 4.72. The molecule has 19 heavy (non-hydrogen) atoms. The minimum atomic E-state index is 0.460. The zero-order chi connectivity index (χ0) is 13.7. The van der Waals surface area contributed by atoms with Crippen LogP contribution in [-0.2, 0) is 6.54 Å². The highest BCUT2D eigenvalue weighted by Gasteiger charge is 2.09. The average molecular weight is 301 g/mol. The van der Waals surface area contributed by atoms with Crippen molar-refractivity contribution in [1.29, 1.82) is 0 Å². The molecule has 0 saturated carbocycles. The van der Waals surface area contributed by atoms with Crippen LogP contribution in [-0.4, -0.2) is 16.7 Å². The van der Waals surface area contributed by atoms with Gasteiger partial charge in [-0.15, -0.1) is 0 Å². The molecule has 102 valence electrons. The van der Waals surface area contributed by atoms with E-state index < -0.39 is 0 Å². The van der Waals surface area contributed by atoms with Gasteiger partial charge in [0.05, 0.1) is 22.8 Å². The molecule has 0 fully saturated rings. The van der Waals surface area contributed by atoms with Crippen molar-refractivity contribution in [2.45, 2.75) is 19.9 Å². The van der Waals surface area contributed by atoms with Crippen LogP contribution < -0.4 is 10.6 Å². The first kappa shape index (κ1) is 14.0. The lowest BCUT2D eigenvalue weighted by atomic mass is 10.4. The summed E-state index contributed by atoms with van der Waals surface area (Å²) in [6.07, 6.45) is 2.57. The molecule has 0 unspecified atom stereocenters. The van der Waals surface area contributed by atoms with E-state index in [2.05, 4.69) is 27.7 Å². The second-order valence-electron chi connectivity index (χ2n) is 3.91. The van der Waals surface area contributed by atoms with Crippen LogP contribution in [0.4, 0.5) is 11.6 Å². The minimum absolute atomic E-state index is 0.460. The Labute approximate surface area is 121 Å². The summed E-state index contributed by atoms with van der Waals surface area (Å²) < 4.78 is 4.99. The topological polar surface area (TPSA) is 63.0 Å². The number of hydrogen-bond donors (Lipinski definition) is 2. The lowest BCUT2D eigenvalue weighted by molar-refractivity contribution is 0.388. The first-order chi connectivity index (χ1) is 9.20. The minimum Gasteiger partial charge on any atom is -0.369 e. The molecule has 0 bridgehead atoms. The van der Waals surface area contributed by atoms with E-state index in [4.69, 9.17) is 27.7 Å². The Morgan fingerprint density at radius 2 is 1.95 bits per heavy atom. The van der Waals surface area contributed by atoms with E-state index >= 15 is 0 Å². The molecule has 0 aromatic carbocycles. The van der Waals surface area contributed by atoms with E-state index in [1.165, 1.54) is 0 Å². The predicted molar refractivity (Wildman–Crippen MR) is 76.9 cm³/mol. The zero-order valence-corrected chi connectivity index (χ0v) is 11.9. The van der Waals surface area contributed by atoms with Gasteiger partial charge in [0.2, 0.25) is 0 Å². The normalized spacial score (nSPS) is 10.5. The number of aromatic nitrogens is 2. The molecule has 7 heteroatoms. The van der Waals surface area contributed by atoms with E-state index in [-0.39, 0.29) is 0 Å². The first-order valence-corrected chi connectivity index (χ1v) is 6.69. The number of rotatable bonds is 6. The molecule has 2 N–H and O–H groups in total. The van der Waals surface area contributed by atoms with Gasteiger partial charge in [-0.2, -0.15) is 0 Å². The first-order valence-electron chi connectivity index (χ1n) is 5.94. The average Bonchev–Trinajstić information content (AvgIpc) is 2.90. The van der Waals surface area contributed by atoms with Gasteiger partial charge >= 0.3 is 0 Å². The van der Waals surface area contributed by atoms with Gasteiger partial charge in [-0.05, 0) is 12.5 Å². The van der Waals surface area contributed by atoms with E-state index in [1.54, 1.807) is 18.3 Å². The molecular formula is C12H14Cl2N4O. The predicted octanol–water partition coefficient (Wildman–Crippen LogP) is 3.81. The fourth-order valence-corrected chi connectivity index (χ4v) is 1.95. The fraction of sp³-hybridized carbons (Fsp3) is 0.333.